The van der Waals surface area contributed by atoms with Gasteiger partial charge in [-0.05, 0) is 19.4 Å². The number of aromatic nitrogens is 2. The van der Waals surface area contributed by atoms with Gasteiger partial charge in [-0.15, -0.1) is 0 Å². The smallest absolute Gasteiger partial charge is 0.310 e. The van der Waals surface area contributed by atoms with E-state index in [-0.39, 0.29) is 11.9 Å². The van der Waals surface area contributed by atoms with Crippen LogP contribution in [0.4, 0.5) is 0 Å². The summed E-state index contributed by atoms with van der Waals surface area (Å²) in [5, 5.41) is 15.6. The van der Waals surface area contributed by atoms with Crippen LogP contribution in [0.1, 0.15) is 19.4 Å². The summed E-state index contributed by atoms with van der Waals surface area (Å²) in [6.07, 6.45) is 7.08. The van der Waals surface area contributed by atoms with Crippen LogP contribution in [0.15, 0.2) is 30.6 Å². The Labute approximate surface area is 104 Å². The Morgan fingerprint density at radius 3 is 2.83 bits per heavy atom. The van der Waals surface area contributed by atoms with Crippen LogP contribution < -0.4 is 5.32 Å². The lowest BCUT2D eigenvalue weighted by atomic mass is 10.1. The molecule has 0 fully saturated rings. The Balaban J connectivity index is 1.90. The van der Waals surface area contributed by atoms with Crippen molar-refractivity contribution in [1.29, 1.82) is 0 Å². The van der Waals surface area contributed by atoms with Crippen LogP contribution in [0.2, 0.25) is 0 Å². The first-order valence-electron chi connectivity index (χ1n) is 5.78. The van der Waals surface area contributed by atoms with E-state index in [1.54, 1.807) is 42.2 Å². The van der Waals surface area contributed by atoms with Crippen molar-refractivity contribution in [3.8, 4) is 0 Å². The average Bonchev–Trinajstić information content (AvgIpc) is 2.98. The highest BCUT2D eigenvalue weighted by Crippen LogP contribution is 2.18. The molecule has 0 bridgehead atoms. The lowest BCUT2D eigenvalue weighted by Crippen LogP contribution is -2.37. The molecule has 1 heterocycles. The van der Waals surface area contributed by atoms with E-state index >= 15 is 0 Å². The number of carboxylic acid groups (broad SMARTS) is 1. The molecule has 1 aliphatic carbocycles. The van der Waals surface area contributed by atoms with Gasteiger partial charge in [0.15, 0.2) is 0 Å². The van der Waals surface area contributed by atoms with Crippen LogP contribution in [-0.2, 0) is 9.59 Å². The Morgan fingerprint density at radius 2 is 2.28 bits per heavy atom. The van der Waals surface area contributed by atoms with E-state index in [0.29, 0.717) is 6.42 Å². The van der Waals surface area contributed by atoms with E-state index in [4.69, 9.17) is 5.11 Å². The third-order valence-corrected chi connectivity index (χ3v) is 3.03. The minimum atomic E-state index is -0.858. The van der Waals surface area contributed by atoms with Gasteiger partial charge in [0, 0.05) is 18.4 Å². The first-order valence-corrected chi connectivity index (χ1v) is 5.78. The number of hydrogen-bond acceptors (Lipinski definition) is 3. The van der Waals surface area contributed by atoms with Gasteiger partial charge in [0.2, 0.25) is 5.91 Å². The molecule has 1 amide bonds. The van der Waals surface area contributed by atoms with Crippen molar-refractivity contribution in [2.75, 3.05) is 0 Å². The Morgan fingerprint density at radius 1 is 1.50 bits per heavy atom. The summed E-state index contributed by atoms with van der Waals surface area (Å²) in [6, 6.07) is 1.13. The number of nitrogens with zero attached hydrogens (tertiary/aromatic N) is 2. The van der Waals surface area contributed by atoms with Gasteiger partial charge in [-0.3, -0.25) is 14.3 Å². The highest BCUT2D eigenvalue weighted by Gasteiger charge is 2.26. The number of hydrogen-bond donors (Lipinski definition) is 2. The molecule has 3 unspecified atom stereocenters. The van der Waals surface area contributed by atoms with E-state index in [0.717, 1.165) is 0 Å². The fourth-order valence-electron chi connectivity index (χ4n) is 1.92. The standard InChI is InChI=1S/C12H15N3O3/c1-8(15-6-2-5-13-15)11(16)14-10-4-3-9(7-10)12(17)18/h2-6,8-10H,7H2,1H3,(H,14,16)(H,17,18). The fraction of sp³-hybridized carbons (Fsp3) is 0.417. The number of rotatable bonds is 4. The summed E-state index contributed by atoms with van der Waals surface area (Å²) < 4.78 is 1.56. The summed E-state index contributed by atoms with van der Waals surface area (Å²) in [5.41, 5.74) is 0. The predicted octanol–water partition coefficient (Wildman–Crippen LogP) is 0.590. The SMILES string of the molecule is CC(C(=O)NC1C=CC(C(=O)O)C1)n1cccn1. The van der Waals surface area contributed by atoms with Crippen molar-refractivity contribution >= 4 is 11.9 Å². The summed E-state index contributed by atoms with van der Waals surface area (Å²) >= 11 is 0. The molecule has 6 nitrogen and oxygen atoms in total. The summed E-state index contributed by atoms with van der Waals surface area (Å²) in [7, 11) is 0. The molecular weight excluding hydrogens is 234 g/mol. The minimum Gasteiger partial charge on any atom is -0.481 e. The lowest BCUT2D eigenvalue weighted by Gasteiger charge is -2.16. The maximum absolute atomic E-state index is 11.9. The van der Waals surface area contributed by atoms with Crippen LogP contribution in [0.5, 0.6) is 0 Å². The van der Waals surface area contributed by atoms with E-state index in [1.165, 1.54) is 0 Å². The van der Waals surface area contributed by atoms with Gasteiger partial charge in [0.25, 0.3) is 0 Å². The Bertz CT molecular complexity index is 467. The van der Waals surface area contributed by atoms with Gasteiger partial charge in [-0.25, -0.2) is 0 Å². The van der Waals surface area contributed by atoms with Crippen LogP contribution in [0.3, 0.4) is 0 Å². The molecule has 0 aromatic carbocycles. The van der Waals surface area contributed by atoms with E-state index in [9.17, 15) is 9.59 Å². The quantitative estimate of drug-likeness (QED) is 0.765. The number of carbonyl (C=O) groups is 2. The summed E-state index contributed by atoms with van der Waals surface area (Å²) in [4.78, 5) is 22.7. The third kappa shape index (κ3) is 2.58. The van der Waals surface area contributed by atoms with Gasteiger partial charge in [-0.1, -0.05) is 12.2 Å². The van der Waals surface area contributed by atoms with E-state index in [2.05, 4.69) is 10.4 Å². The Kier molecular flexibility index (Phi) is 3.45. The maximum atomic E-state index is 11.9. The molecule has 1 aliphatic rings. The largest absolute Gasteiger partial charge is 0.481 e. The van der Waals surface area contributed by atoms with Gasteiger partial charge in [-0.2, -0.15) is 5.10 Å². The van der Waals surface area contributed by atoms with Crippen molar-refractivity contribution in [2.45, 2.75) is 25.4 Å². The van der Waals surface area contributed by atoms with Crippen LogP contribution in [-0.4, -0.2) is 32.8 Å². The minimum absolute atomic E-state index is 0.167. The fourth-order valence-corrected chi connectivity index (χ4v) is 1.92. The molecule has 2 N–H and O–H groups in total. The number of carbonyl (C=O) groups excluding carboxylic acids is 1. The zero-order chi connectivity index (χ0) is 13.1. The molecule has 0 spiro atoms. The number of nitrogens with one attached hydrogen (secondary N) is 1. The first kappa shape index (κ1) is 12.3. The molecular formula is C12H15N3O3. The van der Waals surface area contributed by atoms with Crippen LogP contribution >= 0.6 is 0 Å². The molecule has 0 saturated heterocycles. The molecule has 18 heavy (non-hydrogen) atoms. The maximum Gasteiger partial charge on any atom is 0.310 e. The third-order valence-electron chi connectivity index (χ3n) is 3.03. The second-order valence-electron chi connectivity index (χ2n) is 4.34. The van der Waals surface area contributed by atoms with Gasteiger partial charge >= 0.3 is 5.97 Å². The van der Waals surface area contributed by atoms with E-state index < -0.39 is 17.9 Å². The molecule has 0 saturated carbocycles. The normalized spacial score (nSPS) is 23.8. The van der Waals surface area contributed by atoms with Gasteiger partial charge in [0.1, 0.15) is 6.04 Å². The summed E-state index contributed by atoms with van der Waals surface area (Å²) in [6.45, 7) is 1.75. The molecule has 2 rings (SSSR count). The van der Waals surface area contributed by atoms with Crippen molar-refractivity contribution in [2.24, 2.45) is 5.92 Å². The highest BCUT2D eigenvalue weighted by molar-refractivity contribution is 5.80. The van der Waals surface area contributed by atoms with E-state index in [1.807, 2.05) is 0 Å². The molecule has 3 atom stereocenters. The zero-order valence-electron chi connectivity index (χ0n) is 9.98. The van der Waals surface area contributed by atoms with Crippen molar-refractivity contribution in [1.82, 2.24) is 15.1 Å². The van der Waals surface area contributed by atoms with Gasteiger partial charge < -0.3 is 10.4 Å². The number of carboxylic acids is 1. The zero-order valence-corrected chi connectivity index (χ0v) is 9.98. The van der Waals surface area contributed by atoms with Crippen molar-refractivity contribution in [3.05, 3.63) is 30.6 Å². The second kappa shape index (κ2) is 5.03. The molecule has 1 aromatic rings. The molecule has 0 radical (unpaired) electrons. The molecule has 1 aromatic heterocycles. The topological polar surface area (TPSA) is 84.2 Å². The number of aliphatic carboxylic acids is 1. The van der Waals surface area contributed by atoms with Crippen molar-refractivity contribution in [3.63, 3.8) is 0 Å². The second-order valence-corrected chi connectivity index (χ2v) is 4.34. The molecule has 0 aliphatic heterocycles. The van der Waals surface area contributed by atoms with Crippen molar-refractivity contribution < 1.29 is 14.7 Å². The summed E-state index contributed by atoms with van der Waals surface area (Å²) in [5.74, 6) is -1.53. The molecule has 96 valence electrons. The number of amides is 1. The predicted molar refractivity (Wildman–Crippen MR) is 63.8 cm³/mol. The van der Waals surface area contributed by atoms with Crippen LogP contribution in [0, 0.1) is 5.92 Å². The lowest BCUT2D eigenvalue weighted by molar-refractivity contribution is -0.140. The van der Waals surface area contributed by atoms with Crippen LogP contribution in [0.25, 0.3) is 0 Å². The first-order chi connectivity index (χ1) is 8.58. The average molecular weight is 249 g/mol. The monoisotopic (exact) mass is 249 g/mol. The highest BCUT2D eigenvalue weighted by atomic mass is 16.4. The Hall–Kier alpha value is -2.11. The molecule has 6 heteroatoms. The van der Waals surface area contributed by atoms with Gasteiger partial charge in [0.05, 0.1) is 5.92 Å².